The van der Waals surface area contributed by atoms with Crippen LogP contribution < -0.4 is 5.73 Å². The summed E-state index contributed by atoms with van der Waals surface area (Å²) in [6.07, 6.45) is 3.96. The number of nitrogens with zero attached hydrogens (tertiary/aromatic N) is 2. The number of benzene rings is 1. The normalized spacial score (nSPS) is 11.2. The first kappa shape index (κ1) is 14.4. The Bertz CT molecular complexity index is 576. The maximum atomic E-state index is 6.26. The van der Waals surface area contributed by atoms with Crippen molar-refractivity contribution in [2.45, 2.75) is 32.7 Å². The van der Waals surface area contributed by atoms with Crippen molar-refractivity contribution in [1.82, 2.24) is 9.78 Å². The maximum Gasteiger partial charge on any atom is 0.117 e. The van der Waals surface area contributed by atoms with E-state index in [1.54, 1.807) is 0 Å². The number of halogens is 2. The molecule has 2 N–H and O–H groups in total. The van der Waals surface area contributed by atoms with Gasteiger partial charge in [0.1, 0.15) is 5.69 Å². The van der Waals surface area contributed by atoms with E-state index in [4.69, 9.17) is 17.3 Å². The topological polar surface area (TPSA) is 43.8 Å². The molecule has 0 radical (unpaired) electrons. The molecule has 0 aliphatic heterocycles. The zero-order chi connectivity index (χ0) is 14.0. The molecule has 1 heterocycles. The lowest BCUT2D eigenvalue weighted by molar-refractivity contribution is 0.429. The fourth-order valence-electron chi connectivity index (χ4n) is 2.15. The lowest BCUT2D eigenvalue weighted by atomic mass is 10.1. The van der Waals surface area contributed by atoms with Crippen molar-refractivity contribution in [2.75, 3.05) is 5.73 Å². The highest BCUT2D eigenvalue weighted by Gasteiger charge is 2.15. The molecule has 0 saturated heterocycles. The van der Waals surface area contributed by atoms with Gasteiger partial charge in [-0.25, -0.2) is 0 Å². The molecule has 3 nitrogen and oxygen atoms in total. The molecule has 2 rings (SSSR count). The highest BCUT2D eigenvalue weighted by Crippen LogP contribution is 2.33. The smallest absolute Gasteiger partial charge is 0.117 e. The van der Waals surface area contributed by atoms with Gasteiger partial charge in [0.2, 0.25) is 0 Å². The van der Waals surface area contributed by atoms with Crippen LogP contribution in [-0.2, 0) is 0 Å². The first-order valence-electron chi connectivity index (χ1n) is 6.36. The van der Waals surface area contributed by atoms with Gasteiger partial charge in [0, 0.05) is 16.2 Å². The van der Waals surface area contributed by atoms with E-state index in [-0.39, 0.29) is 0 Å². The van der Waals surface area contributed by atoms with Crippen LogP contribution in [-0.4, -0.2) is 9.78 Å². The van der Waals surface area contributed by atoms with Crippen LogP contribution in [0.5, 0.6) is 0 Å². The van der Waals surface area contributed by atoms with Crippen molar-refractivity contribution in [3.05, 3.63) is 33.9 Å². The summed E-state index contributed by atoms with van der Waals surface area (Å²) in [6.45, 7) is 4.30. The zero-order valence-corrected chi connectivity index (χ0v) is 13.4. The molecule has 0 fully saturated rings. The summed E-state index contributed by atoms with van der Waals surface area (Å²) >= 11 is 9.65. The Kier molecular flexibility index (Phi) is 4.53. The van der Waals surface area contributed by atoms with Crippen molar-refractivity contribution < 1.29 is 0 Å². The maximum absolute atomic E-state index is 6.26. The van der Waals surface area contributed by atoms with Crippen LogP contribution in [0.2, 0.25) is 5.02 Å². The van der Waals surface area contributed by atoms with E-state index in [9.17, 15) is 0 Å². The van der Waals surface area contributed by atoms with Gasteiger partial charge in [-0.2, -0.15) is 5.10 Å². The fourth-order valence-corrected chi connectivity index (χ4v) is 2.91. The first-order chi connectivity index (χ1) is 9.06. The standard InChI is InChI=1S/C14H17BrClN3/c1-3-10(4-2)19-8-13(17)14(18-19)11-6-5-9(15)7-12(11)16/h5-8,10H,3-4,17H2,1-2H3. The van der Waals surface area contributed by atoms with Crippen molar-refractivity contribution in [3.63, 3.8) is 0 Å². The molecule has 19 heavy (non-hydrogen) atoms. The molecule has 1 aromatic heterocycles. The summed E-state index contributed by atoms with van der Waals surface area (Å²) in [5.74, 6) is 0. The molecule has 0 bridgehead atoms. The molecular weight excluding hydrogens is 326 g/mol. The predicted molar refractivity (Wildman–Crippen MR) is 84.4 cm³/mol. The Morgan fingerprint density at radius 2 is 2.05 bits per heavy atom. The van der Waals surface area contributed by atoms with Gasteiger partial charge in [0.15, 0.2) is 0 Å². The van der Waals surface area contributed by atoms with E-state index in [2.05, 4.69) is 34.9 Å². The number of rotatable bonds is 4. The Labute approximate surface area is 126 Å². The summed E-state index contributed by atoms with van der Waals surface area (Å²) < 4.78 is 2.89. The highest BCUT2D eigenvalue weighted by atomic mass is 79.9. The number of nitrogens with two attached hydrogens (primary N) is 1. The summed E-state index contributed by atoms with van der Waals surface area (Å²) in [5.41, 5.74) is 8.36. The SMILES string of the molecule is CCC(CC)n1cc(N)c(-c2ccc(Br)cc2Cl)n1. The second-order valence-corrected chi connectivity index (χ2v) is 5.83. The second kappa shape index (κ2) is 5.97. The van der Waals surface area contributed by atoms with Gasteiger partial charge in [0.25, 0.3) is 0 Å². The van der Waals surface area contributed by atoms with Crippen LogP contribution in [0, 0.1) is 0 Å². The Morgan fingerprint density at radius 1 is 1.37 bits per heavy atom. The lowest BCUT2D eigenvalue weighted by Crippen LogP contribution is -2.07. The van der Waals surface area contributed by atoms with E-state index in [1.165, 1.54) is 0 Å². The van der Waals surface area contributed by atoms with Crippen molar-refractivity contribution in [3.8, 4) is 11.3 Å². The van der Waals surface area contributed by atoms with E-state index in [0.717, 1.165) is 28.6 Å². The minimum atomic E-state index is 0.380. The molecule has 0 unspecified atom stereocenters. The molecule has 0 aliphatic rings. The zero-order valence-electron chi connectivity index (χ0n) is 11.0. The number of aromatic nitrogens is 2. The van der Waals surface area contributed by atoms with Crippen molar-refractivity contribution in [2.24, 2.45) is 0 Å². The molecule has 0 amide bonds. The Hall–Kier alpha value is -1.00. The molecule has 2 aromatic rings. The number of hydrogen-bond acceptors (Lipinski definition) is 2. The van der Waals surface area contributed by atoms with Crippen LogP contribution >= 0.6 is 27.5 Å². The Balaban J connectivity index is 2.45. The van der Waals surface area contributed by atoms with Gasteiger partial charge in [-0.1, -0.05) is 47.4 Å². The number of nitrogen functional groups attached to an aromatic ring is 1. The highest BCUT2D eigenvalue weighted by molar-refractivity contribution is 9.10. The largest absolute Gasteiger partial charge is 0.396 e. The molecule has 0 aliphatic carbocycles. The van der Waals surface area contributed by atoms with Gasteiger partial charge >= 0.3 is 0 Å². The minimum absolute atomic E-state index is 0.380. The van der Waals surface area contributed by atoms with Gasteiger partial charge in [-0.3, -0.25) is 4.68 Å². The summed E-state index contributed by atoms with van der Waals surface area (Å²) in [4.78, 5) is 0. The van der Waals surface area contributed by atoms with Crippen LogP contribution in [0.15, 0.2) is 28.9 Å². The van der Waals surface area contributed by atoms with Crippen LogP contribution in [0.4, 0.5) is 5.69 Å². The van der Waals surface area contributed by atoms with Crippen LogP contribution in [0.1, 0.15) is 32.7 Å². The average Bonchev–Trinajstić information content (AvgIpc) is 2.73. The fraction of sp³-hybridized carbons (Fsp3) is 0.357. The van der Waals surface area contributed by atoms with Gasteiger partial charge in [-0.05, 0) is 25.0 Å². The van der Waals surface area contributed by atoms with Gasteiger partial charge < -0.3 is 5.73 Å². The quantitative estimate of drug-likeness (QED) is 0.858. The number of hydrogen-bond donors (Lipinski definition) is 1. The predicted octanol–water partition coefficient (Wildman–Crippen LogP) is 4.91. The third-order valence-corrected chi connectivity index (χ3v) is 4.07. The van der Waals surface area contributed by atoms with Gasteiger partial charge in [0.05, 0.1) is 16.8 Å². The third-order valence-electron chi connectivity index (χ3n) is 3.26. The van der Waals surface area contributed by atoms with Crippen molar-refractivity contribution in [1.29, 1.82) is 0 Å². The monoisotopic (exact) mass is 341 g/mol. The first-order valence-corrected chi connectivity index (χ1v) is 7.54. The minimum Gasteiger partial charge on any atom is -0.396 e. The summed E-state index contributed by atoms with van der Waals surface area (Å²) in [5, 5.41) is 5.25. The van der Waals surface area contributed by atoms with E-state index < -0.39 is 0 Å². The van der Waals surface area contributed by atoms with Crippen LogP contribution in [0.25, 0.3) is 11.3 Å². The lowest BCUT2D eigenvalue weighted by Gasteiger charge is -2.12. The summed E-state index contributed by atoms with van der Waals surface area (Å²) in [6, 6.07) is 6.11. The molecule has 5 heteroatoms. The molecule has 0 atom stereocenters. The Morgan fingerprint density at radius 3 is 2.63 bits per heavy atom. The molecule has 1 aromatic carbocycles. The number of anilines is 1. The molecule has 0 saturated carbocycles. The molecule has 102 valence electrons. The third kappa shape index (κ3) is 2.95. The molecular formula is C14H17BrClN3. The van der Waals surface area contributed by atoms with E-state index in [1.807, 2.05) is 29.1 Å². The van der Waals surface area contributed by atoms with Crippen LogP contribution in [0.3, 0.4) is 0 Å². The average molecular weight is 343 g/mol. The van der Waals surface area contributed by atoms with E-state index >= 15 is 0 Å². The second-order valence-electron chi connectivity index (χ2n) is 4.51. The molecule has 0 spiro atoms. The van der Waals surface area contributed by atoms with E-state index in [0.29, 0.717) is 16.8 Å². The van der Waals surface area contributed by atoms with Crippen molar-refractivity contribution >= 4 is 33.2 Å². The summed E-state index contributed by atoms with van der Waals surface area (Å²) in [7, 11) is 0. The van der Waals surface area contributed by atoms with Gasteiger partial charge in [-0.15, -0.1) is 0 Å².